The van der Waals surface area contributed by atoms with Gasteiger partial charge in [-0.2, -0.15) is 0 Å². The van der Waals surface area contributed by atoms with Crippen LogP contribution < -0.4 is 5.32 Å². The van der Waals surface area contributed by atoms with Gasteiger partial charge in [-0.1, -0.05) is 6.92 Å². The first-order chi connectivity index (χ1) is 11.1. The highest BCUT2D eigenvalue weighted by Crippen LogP contribution is 2.32. The summed E-state index contributed by atoms with van der Waals surface area (Å²) in [6, 6.07) is 8.54. The summed E-state index contributed by atoms with van der Waals surface area (Å²) in [5.41, 5.74) is 1.33. The van der Waals surface area contributed by atoms with E-state index in [9.17, 15) is 0 Å². The highest BCUT2D eigenvalue weighted by molar-refractivity contribution is 7.80. The van der Waals surface area contributed by atoms with Crippen molar-refractivity contribution in [1.29, 1.82) is 0 Å². The van der Waals surface area contributed by atoms with Gasteiger partial charge >= 0.3 is 0 Å². The lowest BCUT2D eigenvalue weighted by molar-refractivity contribution is 0.304. The first-order valence-electron chi connectivity index (χ1n) is 8.33. The number of nitrogens with zero attached hydrogens (tertiary/aromatic N) is 2. The molecule has 2 aromatic rings. The van der Waals surface area contributed by atoms with Crippen LogP contribution in [0, 0.1) is 5.92 Å². The molecule has 0 aromatic carbocycles. The van der Waals surface area contributed by atoms with Crippen molar-refractivity contribution in [3.63, 3.8) is 0 Å². The number of hydrogen-bond acceptors (Lipinski definition) is 2. The van der Waals surface area contributed by atoms with Gasteiger partial charge < -0.3 is 19.2 Å². The van der Waals surface area contributed by atoms with E-state index in [0.717, 1.165) is 29.8 Å². The molecule has 1 aliphatic heterocycles. The van der Waals surface area contributed by atoms with Crippen molar-refractivity contribution in [2.45, 2.75) is 38.8 Å². The molecule has 0 radical (unpaired) electrons. The Morgan fingerprint density at radius 3 is 2.87 bits per heavy atom. The van der Waals surface area contributed by atoms with E-state index < -0.39 is 0 Å². The number of aryl methyl sites for hydroxylation is 1. The number of rotatable bonds is 3. The molecular formula is C18H25N3OS. The van der Waals surface area contributed by atoms with Crippen molar-refractivity contribution >= 4 is 17.3 Å². The molecule has 1 saturated heterocycles. The van der Waals surface area contributed by atoms with Crippen molar-refractivity contribution < 1.29 is 4.42 Å². The Bertz CT molecular complexity index is 634. The second-order valence-electron chi connectivity index (χ2n) is 6.46. The van der Waals surface area contributed by atoms with Crippen molar-refractivity contribution in [3.8, 4) is 0 Å². The third-order valence-corrected chi connectivity index (χ3v) is 5.13. The summed E-state index contributed by atoms with van der Waals surface area (Å²) in [5.74, 6) is 1.65. The zero-order valence-corrected chi connectivity index (χ0v) is 14.7. The van der Waals surface area contributed by atoms with E-state index >= 15 is 0 Å². The Morgan fingerprint density at radius 2 is 2.17 bits per heavy atom. The van der Waals surface area contributed by atoms with Gasteiger partial charge in [-0.3, -0.25) is 0 Å². The molecule has 0 spiro atoms. The standard InChI is InChI=1S/C18H25N3OS/c1-14-7-8-17(16-6-3-10-20(16)2)21(11-9-14)18(23)19-13-15-5-4-12-22-15/h3-6,10,12,14,17H,7-9,11,13H2,1-2H3,(H,19,23)/t14-,17+/m1/s1. The lowest BCUT2D eigenvalue weighted by atomic mass is 10.0. The largest absolute Gasteiger partial charge is 0.467 e. The van der Waals surface area contributed by atoms with Gasteiger partial charge in [0.25, 0.3) is 0 Å². The molecule has 124 valence electrons. The first-order valence-corrected chi connectivity index (χ1v) is 8.74. The highest BCUT2D eigenvalue weighted by Gasteiger charge is 2.28. The van der Waals surface area contributed by atoms with E-state index in [1.54, 1.807) is 6.26 Å². The van der Waals surface area contributed by atoms with Gasteiger partial charge in [0.15, 0.2) is 5.11 Å². The van der Waals surface area contributed by atoms with Crippen LogP contribution in [0.3, 0.4) is 0 Å². The Labute approximate surface area is 143 Å². The topological polar surface area (TPSA) is 33.3 Å². The molecule has 2 aromatic heterocycles. The molecule has 5 heteroatoms. The third-order valence-electron chi connectivity index (χ3n) is 4.75. The third kappa shape index (κ3) is 3.78. The quantitative estimate of drug-likeness (QED) is 0.866. The fourth-order valence-electron chi connectivity index (χ4n) is 3.31. The summed E-state index contributed by atoms with van der Waals surface area (Å²) in [5, 5.41) is 4.18. The lowest BCUT2D eigenvalue weighted by Gasteiger charge is -2.33. The molecule has 0 aliphatic carbocycles. The molecule has 0 unspecified atom stereocenters. The number of likely N-dealkylation sites (tertiary alicyclic amines) is 1. The molecule has 3 rings (SSSR count). The number of hydrogen-bond donors (Lipinski definition) is 1. The van der Waals surface area contributed by atoms with Crippen LogP contribution in [0.4, 0.5) is 0 Å². The van der Waals surface area contributed by atoms with Crippen molar-refractivity contribution in [2.24, 2.45) is 13.0 Å². The average Bonchev–Trinajstić information content (AvgIpc) is 3.16. The summed E-state index contributed by atoms with van der Waals surface area (Å²) in [6.07, 6.45) is 7.37. The van der Waals surface area contributed by atoms with Crippen LogP contribution in [0.5, 0.6) is 0 Å². The average molecular weight is 331 g/mol. The van der Waals surface area contributed by atoms with Gasteiger partial charge in [-0.15, -0.1) is 0 Å². The zero-order chi connectivity index (χ0) is 16.2. The van der Waals surface area contributed by atoms with Gasteiger partial charge in [0, 0.05) is 25.5 Å². The van der Waals surface area contributed by atoms with Gasteiger partial charge in [-0.25, -0.2) is 0 Å². The minimum atomic E-state index is 0.344. The molecule has 1 fully saturated rings. The summed E-state index contributed by atoms with van der Waals surface area (Å²) in [6.45, 7) is 3.98. The molecule has 4 nitrogen and oxygen atoms in total. The second kappa shape index (κ2) is 7.21. The Balaban J connectivity index is 1.74. The fourth-order valence-corrected chi connectivity index (χ4v) is 3.60. The van der Waals surface area contributed by atoms with E-state index in [-0.39, 0.29) is 0 Å². The van der Waals surface area contributed by atoms with Gasteiger partial charge in [0.05, 0.1) is 18.8 Å². The maximum Gasteiger partial charge on any atom is 0.169 e. The zero-order valence-electron chi connectivity index (χ0n) is 13.9. The van der Waals surface area contributed by atoms with Gasteiger partial charge in [0.1, 0.15) is 5.76 Å². The van der Waals surface area contributed by atoms with Gasteiger partial charge in [-0.05, 0) is 61.7 Å². The number of thiocarbonyl (C=S) groups is 1. The molecule has 0 saturated carbocycles. The first kappa shape index (κ1) is 16.1. The highest BCUT2D eigenvalue weighted by atomic mass is 32.1. The van der Waals surface area contributed by atoms with Crippen molar-refractivity contribution in [2.75, 3.05) is 6.54 Å². The monoisotopic (exact) mass is 331 g/mol. The molecule has 1 aliphatic rings. The van der Waals surface area contributed by atoms with E-state index in [1.807, 2.05) is 12.1 Å². The van der Waals surface area contributed by atoms with Crippen LogP contribution in [-0.4, -0.2) is 21.1 Å². The van der Waals surface area contributed by atoms with Crippen LogP contribution in [0.15, 0.2) is 41.1 Å². The molecular weight excluding hydrogens is 306 g/mol. The second-order valence-corrected chi connectivity index (χ2v) is 6.85. The Kier molecular flexibility index (Phi) is 5.06. The normalized spacial score (nSPS) is 21.9. The number of furan rings is 1. The predicted octanol–water partition coefficient (Wildman–Crippen LogP) is 3.86. The Hall–Kier alpha value is -1.75. The SMILES string of the molecule is C[C@@H]1CC[C@@H](c2cccn2C)N(C(=S)NCc2ccco2)CC1. The van der Waals surface area contributed by atoms with E-state index in [0.29, 0.717) is 12.6 Å². The van der Waals surface area contributed by atoms with Crippen LogP contribution in [0.25, 0.3) is 0 Å². The maximum atomic E-state index is 5.70. The van der Waals surface area contributed by atoms with E-state index in [2.05, 4.69) is 47.1 Å². The minimum Gasteiger partial charge on any atom is -0.467 e. The Morgan fingerprint density at radius 1 is 1.30 bits per heavy atom. The number of aromatic nitrogens is 1. The summed E-state index contributed by atoms with van der Waals surface area (Å²) >= 11 is 5.70. The fraction of sp³-hybridized carbons (Fsp3) is 0.500. The van der Waals surface area contributed by atoms with Crippen LogP contribution in [-0.2, 0) is 13.6 Å². The van der Waals surface area contributed by atoms with Crippen molar-refractivity contribution in [3.05, 3.63) is 48.2 Å². The summed E-state index contributed by atoms with van der Waals surface area (Å²) in [4.78, 5) is 2.36. The molecule has 3 heterocycles. The van der Waals surface area contributed by atoms with Crippen LogP contribution in [0.2, 0.25) is 0 Å². The van der Waals surface area contributed by atoms with Crippen LogP contribution in [0.1, 0.15) is 43.7 Å². The van der Waals surface area contributed by atoms with E-state index in [4.69, 9.17) is 16.6 Å². The molecule has 1 N–H and O–H groups in total. The smallest absolute Gasteiger partial charge is 0.169 e. The summed E-state index contributed by atoms with van der Waals surface area (Å²) < 4.78 is 7.60. The summed E-state index contributed by atoms with van der Waals surface area (Å²) in [7, 11) is 2.11. The molecule has 2 atom stereocenters. The van der Waals surface area contributed by atoms with E-state index in [1.165, 1.54) is 18.5 Å². The molecule has 23 heavy (non-hydrogen) atoms. The molecule has 0 bridgehead atoms. The van der Waals surface area contributed by atoms with Gasteiger partial charge in [0.2, 0.25) is 0 Å². The lowest BCUT2D eigenvalue weighted by Crippen LogP contribution is -2.42. The number of nitrogens with one attached hydrogen (secondary N) is 1. The van der Waals surface area contributed by atoms with Crippen molar-refractivity contribution in [1.82, 2.24) is 14.8 Å². The minimum absolute atomic E-state index is 0.344. The maximum absolute atomic E-state index is 5.70. The van der Waals surface area contributed by atoms with Crippen LogP contribution >= 0.6 is 12.2 Å². The molecule has 0 amide bonds. The predicted molar refractivity (Wildman–Crippen MR) is 96.0 cm³/mol.